The fraction of sp³-hybridized carbons (Fsp3) is 0.400. The minimum absolute atomic E-state index is 0.0810. The summed E-state index contributed by atoms with van der Waals surface area (Å²) in [4.78, 5) is 21.3. The standard InChI is InChI=1S/C20H23ClN4O3S/c1-20(2)18-10-14(21)4-5-17(18)19(26)25(20)16-11-15(12-22-13-16)23-6-8-24(9-7-23)29(3,27)28/h4-5,10-13H,6-9H2,1-3H3. The smallest absolute Gasteiger partial charge is 0.259 e. The largest absolute Gasteiger partial charge is 0.368 e. The van der Waals surface area contributed by atoms with E-state index in [1.54, 1.807) is 29.4 Å². The van der Waals surface area contributed by atoms with Crippen LogP contribution < -0.4 is 9.80 Å². The number of sulfonamides is 1. The van der Waals surface area contributed by atoms with Gasteiger partial charge in [0.05, 0.1) is 35.6 Å². The van der Waals surface area contributed by atoms with Crippen LogP contribution in [0.1, 0.15) is 29.8 Å². The van der Waals surface area contributed by atoms with Crippen LogP contribution in [0.5, 0.6) is 0 Å². The average molecular weight is 435 g/mol. The van der Waals surface area contributed by atoms with Gasteiger partial charge in [0.1, 0.15) is 0 Å². The maximum Gasteiger partial charge on any atom is 0.259 e. The first-order valence-corrected chi connectivity index (χ1v) is 11.6. The first-order chi connectivity index (χ1) is 13.6. The van der Waals surface area contributed by atoms with Crippen molar-refractivity contribution >= 4 is 38.9 Å². The van der Waals surface area contributed by atoms with Crippen LogP contribution in [0, 0.1) is 0 Å². The second-order valence-electron chi connectivity index (χ2n) is 7.94. The molecule has 0 unspecified atom stereocenters. The van der Waals surface area contributed by atoms with Gasteiger partial charge in [-0.1, -0.05) is 11.6 Å². The summed E-state index contributed by atoms with van der Waals surface area (Å²) >= 11 is 6.17. The molecule has 0 spiro atoms. The number of halogens is 1. The number of nitrogens with zero attached hydrogens (tertiary/aromatic N) is 4. The van der Waals surface area contributed by atoms with Gasteiger partial charge in [0.25, 0.3) is 5.91 Å². The number of carbonyl (C=O) groups is 1. The van der Waals surface area contributed by atoms with Gasteiger partial charge in [0.2, 0.25) is 10.0 Å². The Hall–Kier alpha value is -2.16. The lowest BCUT2D eigenvalue weighted by Gasteiger charge is -2.36. The van der Waals surface area contributed by atoms with Gasteiger partial charge in [-0.25, -0.2) is 8.42 Å². The average Bonchev–Trinajstić information content (AvgIpc) is 2.86. The maximum atomic E-state index is 13.1. The van der Waals surface area contributed by atoms with Gasteiger partial charge >= 0.3 is 0 Å². The highest BCUT2D eigenvalue weighted by Crippen LogP contribution is 2.43. The Labute approximate surface area is 175 Å². The Morgan fingerprint density at radius 3 is 2.34 bits per heavy atom. The quantitative estimate of drug-likeness (QED) is 0.742. The van der Waals surface area contributed by atoms with Crippen LogP contribution in [0.4, 0.5) is 11.4 Å². The summed E-state index contributed by atoms with van der Waals surface area (Å²) in [5, 5.41) is 0.599. The van der Waals surface area contributed by atoms with Crippen LogP contribution in [0.3, 0.4) is 0 Å². The first kappa shape index (κ1) is 20.1. The molecular weight excluding hydrogens is 412 g/mol. The van der Waals surface area contributed by atoms with Crippen LogP contribution in [0.15, 0.2) is 36.7 Å². The highest BCUT2D eigenvalue weighted by Gasteiger charge is 2.44. The molecule has 4 rings (SSSR count). The number of fused-ring (bicyclic) bond motifs is 1. The van der Waals surface area contributed by atoms with Crippen molar-refractivity contribution in [2.45, 2.75) is 19.4 Å². The van der Waals surface area contributed by atoms with Crippen molar-refractivity contribution in [2.24, 2.45) is 0 Å². The van der Waals surface area contributed by atoms with Crippen LogP contribution in [0.25, 0.3) is 0 Å². The van der Waals surface area contributed by atoms with E-state index in [9.17, 15) is 13.2 Å². The maximum absolute atomic E-state index is 13.1. The van der Waals surface area contributed by atoms with Gasteiger partial charge in [-0.05, 0) is 43.7 Å². The third kappa shape index (κ3) is 3.49. The Morgan fingerprint density at radius 2 is 1.69 bits per heavy atom. The summed E-state index contributed by atoms with van der Waals surface area (Å²) in [5.74, 6) is -0.0810. The fourth-order valence-electron chi connectivity index (χ4n) is 4.13. The van der Waals surface area contributed by atoms with Crippen LogP contribution >= 0.6 is 11.6 Å². The molecule has 0 radical (unpaired) electrons. The molecule has 9 heteroatoms. The van der Waals surface area contributed by atoms with E-state index in [1.807, 2.05) is 26.0 Å². The zero-order valence-corrected chi connectivity index (χ0v) is 18.2. The summed E-state index contributed by atoms with van der Waals surface area (Å²) in [6, 6.07) is 7.28. The van der Waals surface area contributed by atoms with Crippen molar-refractivity contribution < 1.29 is 13.2 Å². The van der Waals surface area contributed by atoms with Crippen LogP contribution in [-0.2, 0) is 15.6 Å². The summed E-state index contributed by atoms with van der Waals surface area (Å²) < 4.78 is 25.0. The fourth-order valence-corrected chi connectivity index (χ4v) is 5.13. The van der Waals surface area contributed by atoms with E-state index in [4.69, 9.17) is 11.6 Å². The molecule has 0 atom stereocenters. The minimum atomic E-state index is -3.18. The number of hydrogen-bond acceptors (Lipinski definition) is 5. The lowest BCUT2D eigenvalue weighted by Crippen LogP contribution is -2.48. The van der Waals surface area contributed by atoms with E-state index in [0.29, 0.717) is 42.5 Å². The molecule has 29 heavy (non-hydrogen) atoms. The lowest BCUT2D eigenvalue weighted by atomic mass is 9.93. The summed E-state index contributed by atoms with van der Waals surface area (Å²) in [6.45, 7) is 5.99. The molecule has 1 aromatic carbocycles. The van der Waals surface area contributed by atoms with Crippen molar-refractivity contribution in [3.05, 3.63) is 52.8 Å². The molecule has 1 fully saturated rings. The van der Waals surface area contributed by atoms with Gasteiger partial charge in [-0.3, -0.25) is 14.7 Å². The Bertz CT molecular complexity index is 1080. The molecule has 3 heterocycles. The third-order valence-corrected chi connectivity index (χ3v) is 7.21. The van der Waals surface area contributed by atoms with Crippen LogP contribution in [-0.4, -0.2) is 56.0 Å². The highest BCUT2D eigenvalue weighted by molar-refractivity contribution is 7.88. The van der Waals surface area contributed by atoms with E-state index in [0.717, 1.165) is 11.3 Å². The second-order valence-corrected chi connectivity index (χ2v) is 10.4. The topological polar surface area (TPSA) is 73.8 Å². The number of benzene rings is 1. The molecule has 2 aliphatic rings. The molecule has 2 aliphatic heterocycles. The Kier molecular flexibility index (Phi) is 4.83. The van der Waals surface area contributed by atoms with E-state index in [1.165, 1.54) is 10.6 Å². The summed E-state index contributed by atoms with van der Waals surface area (Å²) in [5.41, 5.74) is 2.55. The zero-order chi connectivity index (χ0) is 21.0. The van der Waals surface area contributed by atoms with Crippen molar-refractivity contribution in [1.82, 2.24) is 9.29 Å². The van der Waals surface area contributed by atoms with Crippen molar-refractivity contribution in [1.29, 1.82) is 0 Å². The number of aromatic nitrogens is 1. The van der Waals surface area contributed by atoms with Crippen molar-refractivity contribution in [3.63, 3.8) is 0 Å². The molecule has 0 aliphatic carbocycles. The second kappa shape index (κ2) is 6.97. The lowest BCUT2D eigenvalue weighted by molar-refractivity contribution is 0.0982. The molecule has 154 valence electrons. The Balaban J connectivity index is 1.63. The van der Waals surface area contributed by atoms with Gasteiger partial charge in [0.15, 0.2) is 0 Å². The number of anilines is 2. The molecule has 1 aromatic heterocycles. The van der Waals surface area contributed by atoms with Gasteiger partial charge < -0.3 is 4.90 Å². The molecule has 0 saturated carbocycles. The minimum Gasteiger partial charge on any atom is -0.368 e. The predicted molar refractivity (Wildman–Crippen MR) is 114 cm³/mol. The molecule has 2 aromatic rings. The van der Waals surface area contributed by atoms with Gasteiger partial charge in [0, 0.05) is 36.8 Å². The van der Waals surface area contributed by atoms with Gasteiger partial charge in [-0.15, -0.1) is 0 Å². The number of piperazine rings is 1. The number of hydrogen-bond donors (Lipinski definition) is 0. The highest BCUT2D eigenvalue weighted by atomic mass is 35.5. The van der Waals surface area contributed by atoms with E-state index < -0.39 is 15.6 Å². The van der Waals surface area contributed by atoms with Crippen molar-refractivity contribution in [2.75, 3.05) is 42.2 Å². The van der Waals surface area contributed by atoms with E-state index in [2.05, 4.69) is 9.88 Å². The summed E-state index contributed by atoms with van der Waals surface area (Å²) in [7, 11) is -3.18. The van der Waals surface area contributed by atoms with E-state index >= 15 is 0 Å². The number of pyridine rings is 1. The summed E-state index contributed by atoms with van der Waals surface area (Å²) in [6.07, 6.45) is 4.66. The van der Waals surface area contributed by atoms with E-state index in [-0.39, 0.29) is 5.91 Å². The van der Waals surface area contributed by atoms with Gasteiger partial charge in [-0.2, -0.15) is 4.31 Å². The number of rotatable bonds is 3. The molecule has 1 amide bonds. The van der Waals surface area contributed by atoms with Crippen molar-refractivity contribution in [3.8, 4) is 0 Å². The zero-order valence-electron chi connectivity index (χ0n) is 16.6. The Morgan fingerprint density at radius 1 is 1.03 bits per heavy atom. The molecule has 7 nitrogen and oxygen atoms in total. The molecular formula is C20H23ClN4O3S. The SMILES string of the molecule is CC1(C)c2cc(Cl)ccc2C(=O)N1c1cncc(N2CCN(S(C)(=O)=O)CC2)c1. The monoisotopic (exact) mass is 434 g/mol. The normalized spacial score (nSPS) is 19.5. The first-order valence-electron chi connectivity index (χ1n) is 9.39. The molecule has 0 N–H and O–H groups in total. The molecule has 1 saturated heterocycles. The predicted octanol–water partition coefficient (Wildman–Crippen LogP) is 2.71. The number of carbonyl (C=O) groups excluding carboxylic acids is 1. The molecule has 0 bridgehead atoms. The number of amides is 1. The third-order valence-electron chi connectivity index (χ3n) is 5.67. The van der Waals surface area contributed by atoms with Crippen LogP contribution in [0.2, 0.25) is 5.02 Å².